The predicted octanol–water partition coefficient (Wildman–Crippen LogP) is 3.41. The Labute approximate surface area is 200 Å². The Hall–Kier alpha value is -2.43. The minimum atomic E-state index is 0. The zero-order valence-electron chi connectivity index (χ0n) is 18.4. The molecule has 3 aromatic rings. The average Bonchev–Trinajstić information content (AvgIpc) is 3.49. The van der Waals surface area contributed by atoms with Gasteiger partial charge in [0, 0.05) is 19.3 Å². The molecular weight excluding hydrogens is 503 g/mol. The van der Waals surface area contributed by atoms with E-state index >= 15 is 0 Å². The minimum Gasteiger partial charge on any atom is -0.354 e. The number of benzene rings is 1. The van der Waals surface area contributed by atoms with E-state index < -0.39 is 0 Å². The van der Waals surface area contributed by atoms with Crippen molar-refractivity contribution in [3.63, 3.8) is 0 Å². The van der Waals surface area contributed by atoms with Crippen LogP contribution in [0.15, 0.2) is 41.5 Å². The number of nitrogens with zero attached hydrogens (tertiary/aromatic N) is 6. The van der Waals surface area contributed by atoms with Gasteiger partial charge in [0.25, 0.3) is 0 Å². The zero-order valence-corrected chi connectivity index (χ0v) is 20.7. The molecule has 1 aliphatic rings. The van der Waals surface area contributed by atoms with Crippen LogP contribution in [0.2, 0.25) is 0 Å². The topological polar surface area (TPSA) is 85.0 Å². The average molecular weight is 534 g/mol. The smallest absolute Gasteiger partial charge is 0.192 e. The number of guanidine groups is 1. The van der Waals surface area contributed by atoms with E-state index in [0.29, 0.717) is 19.1 Å². The molecule has 1 aromatic carbocycles. The first-order valence-corrected chi connectivity index (χ1v) is 10.6. The first kappa shape index (κ1) is 23.2. The molecule has 2 N–H and O–H groups in total. The van der Waals surface area contributed by atoms with Gasteiger partial charge in [0.05, 0.1) is 24.5 Å². The minimum absolute atomic E-state index is 0. The van der Waals surface area contributed by atoms with Gasteiger partial charge in [0.15, 0.2) is 11.8 Å². The molecule has 1 saturated carbocycles. The second-order valence-electron chi connectivity index (χ2n) is 7.90. The molecule has 31 heavy (non-hydrogen) atoms. The third-order valence-corrected chi connectivity index (χ3v) is 5.66. The van der Waals surface area contributed by atoms with Crippen LogP contribution in [0.5, 0.6) is 0 Å². The molecule has 0 radical (unpaired) electrons. The number of nitrogens with one attached hydrogen (secondary N) is 2. The van der Waals surface area contributed by atoms with Gasteiger partial charge in [-0.2, -0.15) is 5.10 Å². The van der Waals surface area contributed by atoms with E-state index in [9.17, 15) is 0 Å². The fourth-order valence-corrected chi connectivity index (χ4v) is 3.77. The second kappa shape index (κ2) is 10.7. The third kappa shape index (κ3) is 5.84. The standard InChI is InChI=1S/C22H30N8.HI/c1-16-12-13-30(28-16)20-11-7-4-8-18(20)14-23-22(25-19-9-5-6-10-19)24-15-21-27-26-17(2)29(21)3;/h4,7-8,11-13,19H,5-6,9-10,14-15H2,1-3H3,(H2,23,24,25);1H. The molecule has 0 unspecified atom stereocenters. The highest BCUT2D eigenvalue weighted by Crippen LogP contribution is 2.18. The van der Waals surface area contributed by atoms with Crippen LogP contribution in [0.3, 0.4) is 0 Å². The van der Waals surface area contributed by atoms with Gasteiger partial charge >= 0.3 is 0 Å². The van der Waals surface area contributed by atoms with Crippen molar-refractivity contribution >= 4 is 29.9 Å². The van der Waals surface area contributed by atoms with Gasteiger partial charge in [-0.25, -0.2) is 9.67 Å². The van der Waals surface area contributed by atoms with Gasteiger partial charge in [-0.3, -0.25) is 0 Å². The maximum atomic E-state index is 4.90. The van der Waals surface area contributed by atoms with Crippen LogP contribution in [0.1, 0.15) is 48.6 Å². The Balaban J connectivity index is 0.00000272. The highest BCUT2D eigenvalue weighted by Gasteiger charge is 2.17. The first-order valence-electron chi connectivity index (χ1n) is 10.6. The van der Waals surface area contributed by atoms with Crippen molar-refractivity contribution in [2.45, 2.75) is 58.7 Å². The Kier molecular flexibility index (Phi) is 8.05. The molecule has 2 heterocycles. The van der Waals surface area contributed by atoms with Gasteiger partial charge < -0.3 is 15.2 Å². The number of aliphatic imine (C=N–C) groups is 1. The van der Waals surface area contributed by atoms with Crippen molar-refractivity contribution in [2.24, 2.45) is 12.0 Å². The molecule has 0 bridgehead atoms. The number of hydrogen-bond donors (Lipinski definition) is 2. The van der Waals surface area contributed by atoms with Gasteiger partial charge in [-0.1, -0.05) is 31.0 Å². The lowest BCUT2D eigenvalue weighted by atomic mass is 10.2. The predicted molar refractivity (Wildman–Crippen MR) is 133 cm³/mol. The second-order valence-corrected chi connectivity index (χ2v) is 7.90. The van der Waals surface area contributed by atoms with Crippen molar-refractivity contribution in [3.8, 4) is 5.69 Å². The fourth-order valence-electron chi connectivity index (χ4n) is 3.77. The Morgan fingerprint density at radius 3 is 2.58 bits per heavy atom. The molecule has 2 aromatic heterocycles. The highest BCUT2D eigenvalue weighted by atomic mass is 127. The van der Waals surface area contributed by atoms with Crippen LogP contribution in [0, 0.1) is 13.8 Å². The third-order valence-electron chi connectivity index (χ3n) is 5.66. The van der Waals surface area contributed by atoms with Crippen LogP contribution in [0.25, 0.3) is 5.69 Å². The molecule has 8 nitrogen and oxygen atoms in total. The Bertz CT molecular complexity index is 1020. The SMILES string of the molecule is Cc1ccn(-c2ccccc2CN=C(NCc2nnc(C)n2C)NC2CCCC2)n1.I. The van der Waals surface area contributed by atoms with E-state index in [1.165, 1.54) is 25.7 Å². The molecule has 0 amide bonds. The number of rotatable bonds is 6. The number of hydrogen-bond acceptors (Lipinski definition) is 4. The lowest BCUT2D eigenvalue weighted by Gasteiger charge is -2.17. The maximum Gasteiger partial charge on any atom is 0.192 e. The van der Waals surface area contributed by atoms with Gasteiger partial charge in [-0.05, 0) is 44.4 Å². The number of aryl methyl sites for hydroxylation is 2. The van der Waals surface area contributed by atoms with Crippen molar-refractivity contribution < 1.29 is 0 Å². The van der Waals surface area contributed by atoms with Crippen molar-refractivity contribution in [2.75, 3.05) is 0 Å². The van der Waals surface area contributed by atoms with E-state index in [-0.39, 0.29) is 24.0 Å². The van der Waals surface area contributed by atoms with Crippen molar-refractivity contribution in [3.05, 3.63) is 59.4 Å². The first-order chi connectivity index (χ1) is 14.6. The summed E-state index contributed by atoms with van der Waals surface area (Å²) in [5.74, 6) is 2.60. The molecule has 0 spiro atoms. The Morgan fingerprint density at radius 1 is 1.13 bits per heavy atom. The number of para-hydroxylation sites is 1. The summed E-state index contributed by atoms with van der Waals surface area (Å²) < 4.78 is 3.91. The lowest BCUT2D eigenvalue weighted by molar-refractivity contribution is 0.606. The van der Waals surface area contributed by atoms with Crippen molar-refractivity contribution in [1.82, 2.24) is 35.2 Å². The summed E-state index contributed by atoms with van der Waals surface area (Å²) in [5, 5.41) is 20.0. The number of aromatic nitrogens is 5. The van der Waals surface area contributed by atoms with Crippen LogP contribution in [-0.2, 0) is 20.1 Å². The molecule has 0 aliphatic heterocycles. The molecule has 1 fully saturated rings. The monoisotopic (exact) mass is 534 g/mol. The Morgan fingerprint density at radius 2 is 1.90 bits per heavy atom. The van der Waals surface area contributed by atoms with Gasteiger partial charge in [0.1, 0.15) is 5.82 Å². The normalized spacial score (nSPS) is 14.5. The van der Waals surface area contributed by atoms with Gasteiger partial charge in [-0.15, -0.1) is 34.2 Å². The van der Waals surface area contributed by atoms with E-state index in [1.807, 2.05) is 54.5 Å². The summed E-state index contributed by atoms with van der Waals surface area (Å²) in [6.07, 6.45) is 6.91. The van der Waals surface area contributed by atoms with E-state index in [2.05, 4.69) is 38.1 Å². The fraction of sp³-hybridized carbons (Fsp3) is 0.455. The molecular formula is C22H31IN8. The summed E-state index contributed by atoms with van der Waals surface area (Å²) >= 11 is 0. The molecule has 4 rings (SSSR count). The van der Waals surface area contributed by atoms with E-state index in [4.69, 9.17) is 4.99 Å². The van der Waals surface area contributed by atoms with Crippen molar-refractivity contribution in [1.29, 1.82) is 0 Å². The molecule has 0 saturated heterocycles. The molecule has 1 aliphatic carbocycles. The van der Waals surface area contributed by atoms with Gasteiger partial charge in [0.2, 0.25) is 0 Å². The van der Waals surface area contributed by atoms with Crippen LogP contribution in [0.4, 0.5) is 0 Å². The highest BCUT2D eigenvalue weighted by molar-refractivity contribution is 14.0. The van der Waals surface area contributed by atoms with Crippen LogP contribution in [-0.4, -0.2) is 36.5 Å². The molecule has 9 heteroatoms. The summed E-state index contributed by atoms with van der Waals surface area (Å²) in [6, 6.07) is 10.8. The summed E-state index contributed by atoms with van der Waals surface area (Å²) in [7, 11) is 1.98. The molecule has 166 valence electrons. The largest absolute Gasteiger partial charge is 0.354 e. The summed E-state index contributed by atoms with van der Waals surface area (Å²) in [6.45, 7) is 5.10. The zero-order chi connectivity index (χ0) is 20.9. The summed E-state index contributed by atoms with van der Waals surface area (Å²) in [4.78, 5) is 4.90. The van der Waals surface area contributed by atoms with E-state index in [0.717, 1.165) is 34.6 Å². The summed E-state index contributed by atoms with van der Waals surface area (Å²) in [5.41, 5.74) is 3.18. The maximum absolute atomic E-state index is 4.90. The lowest BCUT2D eigenvalue weighted by Crippen LogP contribution is -2.42. The van der Waals surface area contributed by atoms with E-state index in [1.54, 1.807) is 0 Å². The number of halogens is 1. The molecule has 0 atom stereocenters. The van der Waals surface area contributed by atoms with Crippen LogP contribution >= 0.6 is 24.0 Å². The quantitative estimate of drug-likeness (QED) is 0.288. The van der Waals surface area contributed by atoms with Crippen LogP contribution < -0.4 is 10.6 Å².